The third-order valence-corrected chi connectivity index (χ3v) is 4.85. The van der Waals surface area contributed by atoms with Gasteiger partial charge in [-0.05, 0) is 67.8 Å². The molecule has 0 fully saturated rings. The van der Waals surface area contributed by atoms with Crippen molar-refractivity contribution in [3.63, 3.8) is 0 Å². The van der Waals surface area contributed by atoms with E-state index in [0.717, 1.165) is 10.9 Å². The van der Waals surface area contributed by atoms with E-state index < -0.39 is 11.9 Å². The first-order valence-corrected chi connectivity index (χ1v) is 9.86. The monoisotopic (exact) mass is 503 g/mol. The molecule has 0 unspecified atom stereocenters. The molecule has 28 heavy (non-hydrogen) atoms. The predicted octanol–water partition coefficient (Wildman–Crippen LogP) is 5.78. The number of hydrogen-bond acceptors (Lipinski definition) is 5. The maximum Gasteiger partial charge on any atom is 0.308 e. The van der Waals surface area contributed by atoms with E-state index >= 15 is 0 Å². The number of hydrogen-bond donors (Lipinski definition) is 0. The van der Waals surface area contributed by atoms with Crippen LogP contribution in [0.2, 0.25) is 0 Å². The van der Waals surface area contributed by atoms with Crippen LogP contribution in [0.4, 0.5) is 0 Å². The van der Waals surface area contributed by atoms with E-state index in [0.29, 0.717) is 31.7 Å². The average Bonchev–Trinajstić information content (AvgIpc) is 2.63. The van der Waals surface area contributed by atoms with Crippen molar-refractivity contribution in [3.05, 3.63) is 62.7 Å². The zero-order valence-corrected chi connectivity index (χ0v) is 18.2. The van der Waals surface area contributed by atoms with Crippen molar-refractivity contribution >= 4 is 66.9 Å². The predicted molar refractivity (Wildman–Crippen MR) is 115 cm³/mol. The molecule has 0 aliphatic heterocycles. The molecular formula is C21H15Br2NO4. The Balaban J connectivity index is 1.93. The molecule has 2 aromatic carbocycles. The molecule has 3 aromatic rings. The number of benzene rings is 2. The van der Waals surface area contributed by atoms with Crippen LogP contribution in [0.25, 0.3) is 23.1 Å². The molecule has 3 rings (SSSR count). The lowest BCUT2D eigenvalue weighted by molar-refractivity contribution is -0.132. The van der Waals surface area contributed by atoms with Crippen LogP contribution >= 0.6 is 31.9 Å². The minimum atomic E-state index is -0.395. The molecule has 0 N–H and O–H groups in total. The summed E-state index contributed by atoms with van der Waals surface area (Å²) in [5, 5.41) is 0.882. The van der Waals surface area contributed by atoms with E-state index in [1.54, 1.807) is 6.07 Å². The van der Waals surface area contributed by atoms with Gasteiger partial charge in [0.1, 0.15) is 5.52 Å². The standard InChI is InChI=1S/C21H15Br2NO4/c1-12(25)27-19-5-3-4-15-7-9-16(24-20(15)19)8-6-14-10-17(22)21(18(23)11-14)28-13(2)26/h3-11H,1-2H3. The van der Waals surface area contributed by atoms with E-state index in [4.69, 9.17) is 9.47 Å². The smallest absolute Gasteiger partial charge is 0.308 e. The molecule has 0 aliphatic carbocycles. The van der Waals surface area contributed by atoms with Crippen LogP contribution in [-0.2, 0) is 9.59 Å². The number of carbonyl (C=O) groups excluding carboxylic acids is 2. The van der Waals surface area contributed by atoms with Crippen molar-refractivity contribution in [2.24, 2.45) is 0 Å². The number of ether oxygens (including phenoxy) is 2. The first-order valence-electron chi connectivity index (χ1n) is 8.27. The zero-order valence-electron chi connectivity index (χ0n) is 15.0. The second-order valence-electron chi connectivity index (χ2n) is 5.90. The molecule has 5 nitrogen and oxygen atoms in total. The number of halogens is 2. The van der Waals surface area contributed by atoms with Crippen LogP contribution in [0.3, 0.4) is 0 Å². The van der Waals surface area contributed by atoms with Crippen LogP contribution in [-0.4, -0.2) is 16.9 Å². The van der Waals surface area contributed by atoms with E-state index in [1.807, 2.05) is 48.6 Å². The van der Waals surface area contributed by atoms with Crippen molar-refractivity contribution < 1.29 is 19.1 Å². The molecule has 0 bridgehead atoms. The second-order valence-corrected chi connectivity index (χ2v) is 7.61. The minimum Gasteiger partial charge on any atom is -0.424 e. The van der Waals surface area contributed by atoms with Gasteiger partial charge in [-0.3, -0.25) is 9.59 Å². The highest BCUT2D eigenvalue weighted by molar-refractivity contribution is 9.11. The largest absolute Gasteiger partial charge is 0.424 e. The SMILES string of the molecule is CC(=O)Oc1c(Br)cc(C=Cc2ccc3cccc(OC(C)=O)c3n2)cc1Br. The summed E-state index contributed by atoms with van der Waals surface area (Å²) in [6.45, 7) is 2.71. The maximum absolute atomic E-state index is 11.3. The quantitative estimate of drug-likeness (QED) is 0.332. The summed E-state index contributed by atoms with van der Waals surface area (Å²) in [4.78, 5) is 27.1. The number of nitrogens with zero attached hydrogens (tertiary/aromatic N) is 1. The first-order chi connectivity index (χ1) is 13.3. The van der Waals surface area contributed by atoms with Gasteiger partial charge in [0, 0.05) is 19.2 Å². The number of fused-ring (bicyclic) bond motifs is 1. The molecule has 142 valence electrons. The topological polar surface area (TPSA) is 65.5 Å². The lowest BCUT2D eigenvalue weighted by Crippen LogP contribution is -2.02. The molecule has 0 spiro atoms. The van der Waals surface area contributed by atoms with Crippen molar-refractivity contribution in [1.29, 1.82) is 0 Å². The minimum absolute atomic E-state index is 0.391. The highest BCUT2D eigenvalue weighted by Gasteiger charge is 2.10. The lowest BCUT2D eigenvalue weighted by atomic mass is 10.1. The van der Waals surface area contributed by atoms with Gasteiger partial charge in [-0.1, -0.05) is 24.3 Å². The summed E-state index contributed by atoms with van der Waals surface area (Å²) < 4.78 is 11.7. The van der Waals surface area contributed by atoms with Gasteiger partial charge in [-0.25, -0.2) is 4.98 Å². The Morgan fingerprint density at radius 1 is 0.929 bits per heavy atom. The molecule has 0 aliphatic rings. The summed E-state index contributed by atoms with van der Waals surface area (Å²) in [5.41, 5.74) is 2.21. The van der Waals surface area contributed by atoms with Crippen molar-refractivity contribution in [2.45, 2.75) is 13.8 Å². The molecule has 1 aromatic heterocycles. The van der Waals surface area contributed by atoms with Crippen LogP contribution in [0.15, 0.2) is 51.4 Å². The normalized spacial score (nSPS) is 11.0. The zero-order chi connectivity index (χ0) is 20.3. The summed E-state index contributed by atoms with van der Waals surface area (Å²) in [7, 11) is 0. The highest BCUT2D eigenvalue weighted by Crippen LogP contribution is 2.35. The number of esters is 2. The Bertz CT molecular complexity index is 1090. The van der Waals surface area contributed by atoms with Gasteiger partial charge in [-0.15, -0.1) is 0 Å². The van der Waals surface area contributed by atoms with Crippen molar-refractivity contribution in [3.8, 4) is 11.5 Å². The third kappa shape index (κ3) is 4.85. The average molecular weight is 505 g/mol. The summed E-state index contributed by atoms with van der Waals surface area (Å²) in [6, 6.07) is 12.9. The summed E-state index contributed by atoms with van der Waals surface area (Å²) in [5.74, 6) is 0.0717. The third-order valence-electron chi connectivity index (χ3n) is 3.67. The number of rotatable bonds is 4. The summed E-state index contributed by atoms with van der Waals surface area (Å²) >= 11 is 6.82. The van der Waals surface area contributed by atoms with Crippen molar-refractivity contribution in [1.82, 2.24) is 4.98 Å². The first kappa shape index (κ1) is 20.2. The van der Waals surface area contributed by atoms with Gasteiger partial charge in [0.2, 0.25) is 0 Å². The Hall–Kier alpha value is -2.51. The van der Waals surface area contributed by atoms with E-state index in [-0.39, 0.29) is 0 Å². The van der Waals surface area contributed by atoms with E-state index in [1.165, 1.54) is 13.8 Å². The highest BCUT2D eigenvalue weighted by atomic mass is 79.9. The second kappa shape index (κ2) is 8.67. The fourth-order valence-electron chi connectivity index (χ4n) is 2.56. The molecule has 0 radical (unpaired) electrons. The molecule has 0 atom stereocenters. The van der Waals surface area contributed by atoms with Gasteiger partial charge in [0.25, 0.3) is 0 Å². The fourth-order valence-corrected chi connectivity index (χ4v) is 3.95. The Morgan fingerprint density at radius 3 is 2.25 bits per heavy atom. The van der Waals surface area contributed by atoms with Crippen LogP contribution < -0.4 is 9.47 Å². The molecule has 1 heterocycles. The van der Waals surface area contributed by atoms with Gasteiger partial charge in [-0.2, -0.15) is 0 Å². The van der Waals surface area contributed by atoms with Gasteiger partial charge >= 0.3 is 11.9 Å². The molecular weight excluding hydrogens is 490 g/mol. The van der Waals surface area contributed by atoms with Crippen molar-refractivity contribution in [2.75, 3.05) is 0 Å². The lowest BCUT2D eigenvalue weighted by Gasteiger charge is -2.08. The molecule has 0 saturated carbocycles. The molecule has 7 heteroatoms. The van der Waals surface area contributed by atoms with E-state index in [9.17, 15) is 9.59 Å². The maximum atomic E-state index is 11.3. The van der Waals surface area contributed by atoms with Crippen LogP contribution in [0.1, 0.15) is 25.1 Å². The number of para-hydroxylation sites is 1. The van der Waals surface area contributed by atoms with E-state index in [2.05, 4.69) is 36.8 Å². The molecule has 0 saturated heterocycles. The fraction of sp³-hybridized carbons (Fsp3) is 0.0952. The van der Waals surface area contributed by atoms with Crippen LogP contribution in [0, 0.1) is 0 Å². The number of aromatic nitrogens is 1. The molecule has 0 amide bonds. The van der Waals surface area contributed by atoms with Gasteiger partial charge in [0.15, 0.2) is 11.5 Å². The van der Waals surface area contributed by atoms with Crippen LogP contribution in [0.5, 0.6) is 11.5 Å². The Labute approximate surface area is 178 Å². The Kier molecular flexibility index (Phi) is 6.26. The van der Waals surface area contributed by atoms with Gasteiger partial charge < -0.3 is 9.47 Å². The van der Waals surface area contributed by atoms with Gasteiger partial charge in [0.05, 0.1) is 14.6 Å². The number of carbonyl (C=O) groups is 2. The Morgan fingerprint density at radius 2 is 1.61 bits per heavy atom. The summed E-state index contributed by atoms with van der Waals surface area (Å²) in [6.07, 6.45) is 3.74. The number of pyridine rings is 1.